The Kier molecular flexibility index (Phi) is 5.46. The molecule has 124 valence electrons. The van der Waals surface area contributed by atoms with Gasteiger partial charge in [-0.3, -0.25) is 15.0 Å². The molecule has 6 heteroatoms. The predicted octanol–water partition coefficient (Wildman–Crippen LogP) is 4.45. The van der Waals surface area contributed by atoms with Crippen molar-refractivity contribution in [3.8, 4) is 0 Å². The number of carbonyl (C=O) groups excluding carboxylic acids is 1. The number of hydrogen-bond acceptors (Lipinski definition) is 5. The van der Waals surface area contributed by atoms with Crippen LogP contribution < -0.4 is 5.32 Å². The fraction of sp³-hybridized carbons (Fsp3) is 0.529. The van der Waals surface area contributed by atoms with Crippen molar-refractivity contribution in [1.82, 2.24) is 9.88 Å². The van der Waals surface area contributed by atoms with Crippen LogP contribution in [-0.4, -0.2) is 28.9 Å². The topological polar surface area (TPSA) is 45.2 Å². The number of nitrogens with zero attached hydrogens (tertiary/aromatic N) is 2. The van der Waals surface area contributed by atoms with Crippen LogP contribution in [0.15, 0.2) is 11.4 Å². The van der Waals surface area contributed by atoms with Crippen molar-refractivity contribution < 1.29 is 4.79 Å². The summed E-state index contributed by atoms with van der Waals surface area (Å²) in [6.45, 7) is 7.29. The fourth-order valence-corrected chi connectivity index (χ4v) is 4.43. The molecule has 0 radical (unpaired) electrons. The average molecular weight is 350 g/mol. The minimum absolute atomic E-state index is 0.0538. The smallest absolute Gasteiger partial charge is 0.267 e. The number of carbonyl (C=O) groups is 1. The molecule has 0 saturated carbocycles. The Hall–Kier alpha value is -1.24. The minimum Gasteiger partial charge on any atom is -0.297 e. The highest BCUT2D eigenvalue weighted by Gasteiger charge is 2.14. The SMILES string of the molecule is Cc1cc(C(=O)Nc2nc(CN3CCCCCC3)cs2)sc1C. The van der Waals surface area contributed by atoms with E-state index < -0.39 is 0 Å². The third kappa shape index (κ3) is 4.40. The first-order chi connectivity index (χ1) is 11.1. The first-order valence-corrected chi connectivity index (χ1v) is 9.86. The summed E-state index contributed by atoms with van der Waals surface area (Å²) >= 11 is 3.05. The predicted molar refractivity (Wildman–Crippen MR) is 97.6 cm³/mol. The van der Waals surface area contributed by atoms with Crippen molar-refractivity contribution in [3.05, 3.63) is 32.5 Å². The zero-order valence-electron chi connectivity index (χ0n) is 13.7. The first-order valence-electron chi connectivity index (χ1n) is 8.17. The molecule has 3 heterocycles. The van der Waals surface area contributed by atoms with Crippen molar-refractivity contribution in [3.63, 3.8) is 0 Å². The molecule has 1 aliphatic heterocycles. The lowest BCUT2D eigenvalue weighted by atomic mass is 10.2. The Labute approximate surface area is 145 Å². The summed E-state index contributed by atoms with van der Waals surface area (Å²) in [6.07, 6.45) is 5.25. The van der Waals surface area contributed by atoms with E-state index in [1.165, 1.54) is 58.8 Å². The Morgan fingerprint density at radius 3 is 2.65 bits per heavy atom. The Balaban J connectivity index is 1.59. The molecule has 1 fully saturated rings. The second-order valence-electron chi connectivity index (χ2n) is 6.14. The molecular weight excluding hydrogens is 326 g/mol. The van der Waals surface area contributed by atoms with Gasteiger partial charge in [-0.05, 0) is 51.4 Å². The van der Waals surface area contributed by atoms with Crippen molar-refractivity contribution >= 4 is 33.7 Å². The standard InChI is InChI=1S/C17H23N3OS2/c1-12-9-15(23-13(12)2)16(21)19-17-18-14(11-22-17)10-20-7-5-3-4-6-8-20/h9,11H,3-8,10H2,1-2H3,(H,18,19,21). The van der Waals surface area contributed by atoms with Crippen LogP contribution in [0.25, 0.3) is 0 Å². The number of aryl methyl sites for hydroxylation is 2. The Bertz CT molecular complexity index is 650. The molecule has 2 aromatic rings. The van der Waals surface area contributed by atoms with Crippen molar-refractivity contribution in [2.75, 3.05) is 18.4 Å². The van der Waals surface area contributed by atoms with Crippen molar-refractivity contribution in [2.45, 2.75) is 46.1 Å². The van der Waals surface area contributed by atoms with Gasteiger partial charge >= 0.3 is 0 Å². The number of thiophene rings is 1. The number of hydrogen-bond donors (Lipinski definition) is 1. The van der Waals surface area contributed by atoms with Crippen LogP contribution in [0.4, 0.5) is 5.13 Å². The first kappa shape index (κ1) is 16.6. The number of nitrogens with one attached hydrogen (secondary N) is 1. The molecule has 3 rings (SSSR count). The Morgan fingerprint density at radius 1 is 1.26 bits per heavy atom. The van der Waals surface area contributed by atoms with E-state index in [1.54, 1.807) is 0 Å². The molecule has 1 aliphatic rings. The van der Waals surface area contributed by atoms with Crippen LogP contribution in [0.2, 0.25) is 0 Å². The molecule has 0 atom stereocenters. The van der Waals surface area contributed by atoms with E-state index in [0.29, 0.717) is 5.13 Å². The molecule has 1 amide bonds. The van der Waals surface area contributed by atoms with Crippen LogP contribution in [0.1, 0.15) is 51.5 Å². The highest BCUT2D eigenvalue weighted by Crippen LogP contribution is 2.23. The minimum atomic E-state index is -0.0538. The molecular formula is C17H23N3OS2. The summed E-state index contributed by atoms with van der Waals surface area (Å²) in [6, 6.07) is 1.95. The third-order valence-electron chi connectivity index (χ3n) is 4.25. The second-order valence-corrected chi connectivity index (χ2v) is 8.25. The summed E-state index contributed by atoms with van der Waals surface area (Å²) in [5.41, 5.74) is 2.23. The quantitative estimate of drug-likeness (QED) is 0.887. The highest BCUT2D eigenvalue weighted by atomic mass is 32.1. The maximum absolute atomic E-state index is 12.3. The molecule has 0 bridgehead atoms. The van der Waals surface area contributed by atoms with E-state index in [4.69, 9.17) is 0 Å². The van der Waals surface area contributed by atoms with E-state index in [9.17, 15) is 4.79 Å². The largest absolute Gasteiger partial charge is 0.297 e. The van der Waals surface area contributed by atoms with Gasteiger partial charge in [-0.25, -0.2) is 4.98 Å². The lowest BCUT2D eigenvalue weighted by molar-refractivity contribution is 0.103. The van der Waals surface area contributed by atoms with Crippen LogP contribution in [-0.2, 0) is 6.54 Å². The van der Waals surface area contributed by atoms with Crippen LogP contribution >= 0.6 is 22.7 Å². The zero-order valence-corrected chi connectivity index (χ0v) is 15.4. The molecule has 2 aromatic heterocycles. The van der Waals surface area contributed by atoms with Gasteiger partial charge < -0.3 is 0 Å². The van der Waals surface area contributed by atoms with E-state index in [-0.39, 0.29) is 5.91 Å². The molecule has 0 aromatic carbocycles. The van der Waals surface area contributed by atoms with Crippen LogP contribution in [0.5, 0.6) is 0 Å². The molecule has 0 aliphatic carbocycles. The van der Waals surface area contributed by atoms with Gasteiger partial charge in [0.1, 0.15) is 0 Å². The molecule has 1 saturated heterocycles. The summed E-state index contributed by atoms with van der Waals surface area (Å²) in [5.74, 6) is -0.0538. The summed E-state index contributed by atoms with van der Waals surface area (Å²) in [7, 11) is 0. The summed E-state index contributed by atoms with van der Waals surface area (Å²) < 4.78 is 0. The third-order valence-corrected chi connectivity index (χ3v) is 6.20. The lowest BCUT2D eigenvalue weighted by Gasteiger charge is -2.17. The number of amides is 1. The van der Waals surface area contributed by atoms with Crippen molar-refractivity contribution in [2.24, 2.45) is 0 Å². The molecule has 1 N–H and O–H groups in total. The normalized spacial score (nSPS) is 16.3. The maximum Gasteiger partial charge on any atom is 0.267 e. The van der Waals surface area contributed by atoms with Gasteiger partial charge in [-0.2, -0.15) is 0 Å². The summed E-state index contributed by atoms with van der Waals surface area (Å²) in [5, 5.41) is 5.69. The van der Waals surface area contributed by atoms with Gasteiger partial charge in [-0.15, -0.1) is 22.7 Å². The van der Waals surface area contributed by atoms with E-state index in [1.807, 2.05) is 19.9 Å². The van der Waals surface area contributed by atoms with Crippen LogP contribution in [0, 0.1) is 13.8 Å². The molecule has 4 nitrogen and oxygen atoms in total. The average Bonchev–Trinajstić information content (AvgIpc) is 2.99. The second kappa shape index (κ2) is 7.55. The highest BCUT2D eigenvalue weighted by molar-refractivity contribution is 7.15. The maximum atomic E-state index is 12.3. The van der Waals surface area contributed by atoms with Gasteiger partial charge in [0, 0.05) is 16.8 Å². The number of anilines is 1. The molecule has 23 heavy (non-hydrogen) atoms. The monoisotopic (exact) mass is 349 g/mol. The number of rotatable bonds is 4. The van der Waals surface area contributed by atoms with Gasteiger partial charge in [0.15, 0.2) is 5.13 Å². The van der Waals surface area contributed by atoms with E-state index >= 15 is 0 Å². The lowest BCUT2D eigenvalue weighted by Crippen LogP contribution is -2.24. The van der Waals surface area contributed by atoms with Gasteiger partial charge in [0.25, 0.3) is 5.91 Å². The Morgan fingerprint density at radius 2 is 2.00 bits per heavy atom. The number of likely N-dealkylation sites (tertiary alicyclic amines) is 1. The van der Waals surface area contributed by atoms with Gasteiger partial charge in [-0.1, -0.05) is 12.8 Å². The van der Waals surface area contributed by atoms with Crippen LogP contribution in [0.3, 0.4) is 0 Å². The summed E-state index contributed by atoms with van der Waals surface area (Å²) in [4.78, 5) is 21.3. The molecule has 0 unspecified atom stereocenters. The number of thiazole rings is 1. The fourth-order valence-electron chi connectivity index (χ4n) is 2.80. The van der Waals surface area contributed by atoms with Gasteiger partial charge in [0.2, 0.25) is 0 Å². The number of aromatic nitrogens is 1. The van der Waals surface area contributed by atoms with E-state index in [0.717, 1.165) is 30.2 Å². The van der Waals surface area contributed by atoms with Gasteiger partial charge in [0.05, 0.1) is 10.6 Å². The zero-order chi connectivity index (χ0) is 16.2. The van der Waals surface area contributed by atoms with E-state index in [2.05, 4.69) is 20.6 Å². The van der Waals surface area contributed by atoms with Crippen molar-refractivity contribution in [1.29, 1.82) is 0 Å². The molecule has 0 spiro atoms.